The highest BCUT2D eigenvalue weighted by Gasteiger charge is 2.72. The smallest absolute Gasteiger partial charge is 0.342 e. The van der Waals surface area contributed by atoms with Crippen molar-refractivity contribution in [1.29, 1.82) is 0 Å². The second kappa shape index (κ2) is 4.02. The van der Waals surface area contributed by atoms with Gasteiger partial charge in [0, 0.05) is 0 Å². The summed E-state index contributed by atoms with van der Waals surface area (Å²) >= 11 is 0. The number of hydrogen-bond donors (Lipinski definition) is 0. The largest absolute Gasteiger partial charge is 0.458 e. The molecule has 0 bridgehead atoms. The first-order chi connectivity index (χ1) is 7.27. The highest BCUT2D eigenvalue weighted by Crippen LogP contribution is 2.55. The summed E-state index contributed by atoms with van der Waals surface area (Å²) in [7, 11) is 0. The van der Waals surface area contributed by atoms with Crippen molar-refractivity contribution in [3.63, 3.8) is 0 Å². The molecule has 3 nitrogen and oxygen atoms in total. The highest BCUT2D eigenvalue weighted by atomic mass is 16.7. The molecule has 1 heterocycles. The molecule has 0 aromatic heterocycles. The van der Waals surface area contributed by atoms with E-state index in [9.17, 15) is 4.79 Å². The summed E-state index contributed by atoms with van der Waals surface area (Å²) in [6.07, 6.45) is 2.40. The quantitative estimate of drug-likeness (QED) is 0.548. The summed E-state index contributed by atoms with van der Waals surface area (Å²) < 4.78 is 11.2. The van der Waals surface area contributed by atoms with Crippen LogP contribution in [0.1, 0.15) is 60.8 Å². The summed E-state index contributed by atoms with van der Waals surface area (Å²) in [5.41, 5.74) is -1.42. The lowest BCUT2D eigenvalue weighted by Crippen LogP contribution is -2.39. The van der Waals surface area contributed by atoms with Crippen LogP contribution >= 0.6 is 0 Å². The van der Waals surface area contributed by atoms with Crippen LogP contribution in [0.4, 0.5) is 0 Å². The lowest BCUT2D eigenvalue weighted by atomic mass is 9.86. The molecule has 3 heteroatoms. The van der Waals surface area contributed by atoms with Gasteiger partial charge in [-0.1, -0.05) is 20.8 Å². The molecule has 1 fully saturated rings. The molecule has 16 heavy (non-hydrogen) atoms. The normalized spacial score (nSPS) is 27.6. The van der Waals surface area contributed by atoms with E-state index in [1.165, 1.54) is 0 Å². The lowest BCUT2D eigenvalue weighted by molar-refractivity contribution is -0.161. The molecule has 94 valence electrons. The fourth-order valence-corrected chi connectivity index (χ4v) is 2.40. The fourth-order valence-electron chi connectivity index (χ4n) is 2.40. The fraction of sp³-hybridized carbons (Fsp3) is 0.923. The average molecular weight is 228 g/mol. The minimum atomic E-state index is -0.691. The summed E-state index contributed by atoms with van der Waals surface area (Å²) in [4.78, 5) is 12.2. The van der Waals surface area contributed by atoms with Crippen molar-refractivity contribution in [2.75, 3.05) is 0 Å². The third kappa shape index (κ3) is 1.97. The molecule has 0 aromatic carbocycles. The van der Waals surface area contributed by atoms with Gasteiger partial charge in [-0.15, -0.1) is 0 Å². The summed E-state index contributed by atoms with van der Waals surface area (Å²) in [5, 5.41) is 0. The van der Waals surface area contributed by atoms with Gasteiger partial charge in [0.25, 0.3) is 0 Å². The predicted octanol–water partition coefficient (Wildman–Crippen LogP) is 3.07. The van der Waals surface area contributed by atoms with Gasteiger partial charge in [-0.25, -0.2) is 4.79 Å². The molecule has 0 saturated carbocycles. The summed E-state index contributed by atoms with van der Waals surface area (Å²) in [6.45, 7) is 11.8. The predicted molar refractivity (Wildman–Crippen MR) is 63.3 cm³/mol. The van der Waals surface area contributed by atoms with Crippen molar-refractivity contribution in [2.24, 2.45) is 0 Å². The molecule has 1 unspecified atom stereocenters. The van der Waals surface area contributed by atoms with E-state index in [1.54, 1.807) is 0 Å². The van der Waals surface area contributed by atoms with Crippen molar-refractivity contribution >= 4 is 5.97 Å². The van der Waals surface area contributed by atoms with Gasteiger partial charge >= 0.3 is 5.97 Å². The van der Waals surface area contributed by atoms with E-state index in [0.717, 1.165) is 12.8 Å². The molecule has 1 saturated heterocycles. The van der Waals surface area contributed by atoms with Crippen LogP contribution in [0.15, 0.2) is 0 Å². The van der Waals surface area contributed by atoms with Crippen LogP contribution in [-0.4, -0.2) is 22.8 Å². The van der Waals surface area contributed by atoms with Crippen LogP contribution in [0, 0.1) is 0 Å². The number of ether oxygens (including phenoxy) is 2. The molecule has 0 amide bonds. The molecule has 1 rings (SSSR count). The van der Waals surface area contributed by atoms with Gasteiger partial charge in [0.1, 0.15) is 11.2 Å². The van der Waals surface area contributed by atoms with E-state index in [4.69, 9.17) is 9.47 Å². The Labute approximate surface area is 98.5 Å². The van der Waals surface area contributed by atoms with Crippen LogP contribution in [0.25, 0.3) is 0 Å². The van der Waals surface area contributed by atoms with Gasteiger partial charge in [0.05, 0.1) is 0 Å². The number of esters is 1. The molecule has 0 radical (unpaired) electrons. The minimum absolute atomic E-state index is 0.203. The highest BCUT2D eigenvalue weighted by molar-refractivity contribution is 5.85. The Bertz CT molecular complexity index is 273. The molecule has 1 aliphatic rings. The van der Waals surface area contributed by atoms with Crippen molar-refractivity contribution in [3.05, 3.63) is 0 Å². The molecular weight excluding hydrogens is 204 g/mol. The van der Waals surface area contributed by atoms with Gasteiger partial charge in [0.2, 0.25) is 0 Å². The van der Waals surface area contributed by atoms with E-state index in [0.29, 0.717) is 6.42 Å². The molecule has 1 atom stereocenters. The zero-order chi connectivity index (χ0) is 12.6. The third-order valence-electron chi connectivity index (χ3n) is 3.43. The zero-order valence-corrected chi connectivity index (χ0v) is 11.3. The number of epoxide rings is 1. The maximum absolute atomic E-state index is 12.2. The SMILES string of the molecule is CCC1(CC)OC1(CC)C(=O)OC(C)(C)C. The van der Waals surface area contributed by atoms with E-state index >= 15 is 0 Å². The van der Waals surface area contributed by atoms with Crippen molar-refractivity contribution in [3.8, 4) is 0 Å². The molecular formula is C13H24O3. The van der Waals surface area contributed by atoms with E-state index in [2.05, 4.69) is 13.8 Å². The molecule has 0 N–H and O–H groups in total. The number of carbonyl (C=O) groups excluding carboxylic acids is 1. The van der Waals surface area contributed by atoms with Crippen LogP contribution in [0.5, 0.6) is 0 Å². The molecule has 0 aliphatic carbocycles. The molecule has 1 aliphatic heterocycles. The van der Waals surface area contributed by atoms with Crippen LogP contribution in [-0.2, 0) is 14.3 Å². The minimum Gasteiger partial charge on any atom is -0.458 e. The number of carbonyl (C=O) groups is 1. The topological polar surface area (TPSA) is 38.8 Å². The Balaban J connectivity index is 2.82. The molecule has 0 aromatic rings. The Morgan fingerprint density at radius 1 is 1.12 bits per heavy atom. The van der Waals surface area contributed by atoms with Gasteiger partial charge in [-0.05, 0) is 40.0 Å². The van der Waals surface area contributed by atoms with E-state index < -0.39 is 11.2 Å². The second-order valence-corrected chi connectivity index (χ2v) is 5.49. The van der Waals surface area contributed by atoms with Gasteiger partial charge < -0.3 is 9.47 Å². The van der Waals surface area contributed by atoms with Crippen LogP contribution < -0.4 is 0 Å². The first kappa shape index (κ1) is 13.5. The number of rotatable bonds is 4. The maximum Gasteiger partial charge on any atom is 0.342 e. The average Bonchev–Trinajstić information content (AvgIpc) is 2.86. The Morgan fingerprint density at radius 2 is 1.62 bits per heavy atom. The number of hydrogen-bond acceptors (Lipinski definition) is 3. The van der Waals surface area contributed by atoms with Gasteiger partial charge in [-0.2, -0.15) is 0 Å². The Hall–Kier alpha value is -0.570. The van der Waals surface area contributed by atoms with Gasteiger partial charge in [0.15, 0.2) is 5.60 Å². The van der Waals surface area contributed by atoms with Crippen LogP contribution in [0.3, 0.4) is 0 Å². The summed E-state index contributed by atoms with van der Waals surface area (Å²) in [5.74, 6) is -0.203. The zero-order valence-electron chi connectivity index (χ0n) is 11.3. The van der Waals surface area contributed by atoms with Gasteiger partial charge in [-0.3, -0.25) is 0 Å². The Kier molecular flexibility index (Phi) is 3.39. The van der Waals surface area contributed by atoms with Crippen molar-refractivity contribution in [2.45, 2.75) is 77.6 Å². The monoisotopic (exact) mass is 228 g/mol. The van der Waals surface area contributed by atoms with E-state index in [-0.39, 0.29) is 11.6 Å². The first-order valence-corrected chi connectivity index (χ1v) is 6.20. The Morgan fingerprint density at radius 3 is 1.88 bits per heavy atom. The van der Waals surface area contributed by atoms with E-state index in [1.807, 2.05) is 27.7 Å². The maximum atomic E-state index is 12.2. The second-order valence-electron chi connectivity index (χ2n) is 5.49. The van der Waals surface area contributed by atoms with Crippen molar-refractivity contribution in [1.82, 2.24) is 0 Å². The van der Waals surface area contributed by atoms with Crippen LogP contribution in [0.2, 0.25) is 0 Å². The lowest BCUT2D eigenvalue weighted by Gasteiger charge is -2.23. The van der Waals surface area contributed by atoms with Crippen molar-refractivity contribution < 1.29 is 14.3 Å². The first-order valence-electron chi connectivity index (χ1n) is 6.20. The third-order valence-corrected chi connectivity index (χ3v) is 3.43. The standard InChI is InChI=1S/C13H24O3/c1-7-12(8-2)13(9-3,16-12)10(14)15-11(4,5)6/h7-9H2,1-6H3. The summed E-state index contributed by atoms with van der Waals surface area (Å²) in [6, 6.07) is 0. The molecule has 0 spiro atoms.